The first-order chi connectivity index (χ1) is 13.7. The molecule has 1 atom stereocenters. The molecule has 1 amide bonds. The molecule has 3 aromatic rings. The average Bonchev–Trinajstić information content (AvgIpc) is 3.35. The smallest absolute Gasteiger partial charge is 0.257 e. The largest absolute Gasteiger partial charge is 0.460 e. The van der Waals surface area contributed by atoms with Gasteiger partial charge in [-0.05, 0) is 63.5 Å². The summed E-state index contributed by atoms with van der Waals surface area (Å²) < 4.78 is 7.56. The number of nitrogens with one attached hydrogen (secondary N) is 1. The number of benzene rings is 1. The Balaban J connectivity index is 1.70. The number of likely N-dealkylation sites (tertiary alicyclic amines) is 1. The number of carbonyl (C=O) groups excluding carboxylic acids is 1. The van der Waals surface area contributed by atoms with Crippen LogP contribution in [0.25, 0.3) is 17.1 Å². The third-order valence-electron chi connectivity index (χ3n) is 5.24. The Hall–Kier alpha value is -2.86. The van der Waals surface area contributed by atoms with Crippen LogP contribution in [0, 0.1) is 12.8 Å². The number of aromatic nitrogens is 2. The van der Waals surface area contributed by atoms with Crippen molar-refractivity contribution in [2.45, 2.75) is 19.8 Å². The van der Waals surface area contributed by atoms with E-state index in [1.165, 1.54) is 0 Å². The van der Waals surface area contributed by atoms with Crippen molar-refractivity contribution in [1.82, 2.24) is 20.0 Å². The second-order valence-corrected chi connectivity index (χ2v) is 7.40. The molecule has 0 saturated carbocycles. The first kappa shape index (κ1) is 18.5. The summed E-state index contributed by atoms with van der Waals surface area (Å²) in [6.45, 7) is 4.38. The van der Waals surface area contributed by atoms with Crippen LogP contribution >= 0.6 is 0 Å². The van der Waals surface area contributed by atoms with E-state index in [2.05, 4.69) is 5.32 Å². The second-order valence-electron chi connectivity index (χ2n) is 7.40. The van der Waals surface area contributed by atoms with Gasteiger partial charge in [0.2, 0.25) is 0 Å². The van der Waals surface area contributed by atoms with Crippen LogP contribution in [0.15, 0.2) is 53.1 Å². The van der Waals surface area contributed by atoms with E-state index in [4.69, 9.17) is 9.52 Å². The molecule has 0 spiro atoms. The third-order valence-corrected chi connectivity index (χ3v) is 5.24. The summed E-state index contributed by atoms with van der Waals surface area (Å²) >= 11 is 0. The minimum absolute atomic E-state index is 0.0204. The SMILES string of the molecule is CNCC1CCCN(C(=O)c2cn(-c3ccccc3)nc2-c2ccc(C)o2)C1. The lowest BCUT2D eigenvalue weighted by atomic mass is 9.97. The van der Waals surface area contributed by atoms with E-state index in [-0.39, 0.29) is 5.91 Å². The molecular weight excluding hydrogens is 352 g/mol. The van der Waals surface area contributed by atoms with Crippen LogP contribution in [-0.2, 0) is 0 Å². The first-order valence-corrected chi connectivity index (χ1v) is 9.81. The Morgan fingerprint density at radius 1 is 1.25 bits per heavy atom. The Kier molecular flexibility index (Phi) is 5.30. The summed E-state index contributed by atoms with van der Waals surface area (Å²) in [6.07, 6.45) is 4.00. The van der Waals surface area contributed by atoms with Gasteiger partial charge < -0.3 is 14.6 Å². The van der Waals surface area contributed by atoms with Crippen molar-refractivity contribution in [2.75, 3.05) is 26.7 Å². The molecule has 0 aliphatic carbocycles. The standard InChI is InChI=1S/C22H26N4O2/c1-16-10-11-20(28-16)21-19(15-26(24-21)18-8-4-3-5-9-18)22(27)25-12-6-7-17(14-25)13-23-2/h3-5,8-11,15,17,23H,6-7,12-14H2,1-2H3. The van der Waals surface area contributed by atoms with Crippen molar-refractivity contribution < 1.29 is 9.21 Å². The number of para-hydroxylation sites is 1. The Labute approximate surface area is 165 Å². The highest BCUT2D eigenvalue weighted by Gasteiger charge is 2.28. The van der Waals surface area contributed by atoms with Gasteiger partial charge in [-0.15, -0.1) is 0 Å². The van der Waals surface area contributed by atoms with Crippen molar-refractivity contribution in [3.8, 4) is 17.1 Å². The fourth-order valence-electron chi connectivity index (χ4n) is 3.86. The number of aryl methyl sites for hydroxylation is 1. The lowest BCUT2D eigenvalue weighted by molar-refractivity contribution is 0.0675. The fourth-order valence-corrected chi connectivity index (χ4v) is 3.86. The van der Waals surface area contributed by atoms with Crippen LogP contribution in [0.4, 0.5) is 0 Å². The van der Waals surface area contributed by atoms with E-state index < -0.39 is 0 Å². The summed E-state index contributed by atoms with van der Waals surface area (Å²) in [5, 5.41) is 7.93. The summed E-state index contributed by atoms with van der Waals surface area (Å²) in [6, 6.07) is 13.6. The highest BCUT2D eigenvalue weighted by Crippen LogP contribution is 2.28. The number of carbonyl (C=O) groups is 1. The number of rotatable bonds is 5. The molecule has 4 rings (SSSR count). The van der Waals surface area contributed by atoms with Gasteiger partial charge in [-0.1, -0.05) is 18.2 Å². The predicted octanol–water partition coefficient (Wildman–Crippen LogP) is 3.51. The van der Waals surface area contributed by atoms with Crippen LogP contribution in [0.2, 0.25) is 0 Å². The Bertz CT molecular complexity index is 943. The molecule has 1 aromatic carbocycles. The summed E-state index contributed by atoms with van der Waals surface area (Å²) in [7, 11) is 1.96. The maximum atomic E-state index is 13.4. The average molecular weight is 378 g/mol. The number of amides is 1. The van der Waals surface area contributed by atoms with Gasteiger partial charge in [0.15, 0.2) is 5.76 Å². The maximum Gasteiger partial charge on any atom is 0.257 e. The number of hydrogen-bond acceptors (Lipinski definition) is 4. The maximum absolute atomic E-state index is 13.4. The molecule has 6 nitrogen and oxygen atoms in total. The first-order valence-electron chi connectivity index (χ1n) is 9.81. The van der Waals surface area contributed by atoms with Gasteiger partial charge in [-0.3, -0.25) is 4.79 Å². The fraction of sp³-hybridized carbons (Fsp3) is 0.364. The van der Waals surface area contributed by atoms with Crippen molar-refractivity contribution in [3.05, 3.63) is 60.0 Å². The minimum atomic E-state index is 0.0204. The summed E-state index contributed by atoms with van der Waals surface area (Å²) in [5.41, 5.74) is 2.10. The molecular formula is C22H26N4O2. The van der Waals surface area contributed by atoms with Crippen LogP contribution in [0.1, 0.15) is 29.0 Å². The lowest BCUT2D eigenvalue weighted by Gasteiger charge is -2.32. The molecule has 6 heteroatoms. The van der Waals surface area contributed by atoms with Crippen molar-refractivity contribution in [3.63, 3.8) is 0 Å². The normalized spacial score (nSPS) is 17.1. The highest BCUT2D eigenvalue weighted by molar-refractivity contribution is 5.99. The van der Waals surface area contributed by atoms with E-state index in [0.717, 1.165) is 43.9 Å². The van der Waals surface area contributed by atoms with Crippen LogP contribution in [-0.4, -0.2) is 47.3 Å². The third kappa shape index (κ3) is 3.73. The molecule has 1 fully saturated rings. The molecule has 1 aliphatic heterocycles. The van der Waals surface area contributed by atoms with Gasteiger partial charge in [0.25, 0.3) is 5.91 Å². The lowest BCUT2D eigenvalue weighted by Crippen LogP contribution is -2.42. The van der Waals surface area contributed by atoms with E-state index in [1.807, 2.05) is 67.5 Å². The zero-order valence-electron chi connectivity index (χ0n) is 16.4. The van der Waals surface area contributed by atoms with E-state index >= 15 is 0 Å². The molecule has 1 aliphatic rings. The highest BCUT2D eigenvalue weighted by atomic mass is 16.3. The van der Waals surface area contributed by atoms with Gasteiger partial charge >= 0.3 is 0 Å². The van der Waals surface area contributed by atoms with Crippen LogP contribution in [0.5, 0.6) is 0 Å². The summed E-state index contributed by atoms with van der Waals surface area (Å²) in [5.74, 6) is 1.93. The topological polar surface area (TPSA) is 63.3 Å². The molecule has 1 N–H and O–H groups in total. The number of hydrogen-bond donors (Lipinski definition) is 1. The second kappa shape index (κ2) is 8.02. The Morgan fingerprint density at radius 3 is 2.79 bits per heavy atom. The van der Waals surface area contributed by atoms with Gasteiger partial charge in [0.1, 0.15) is 11.5 Å². The monoisotopic (exact) mass is 378 g/mol. The summed E-state index contributed by atoms with van der Waals surface area (Å²) in [4.78, 5) is 15.4. The molecule has 1 saturated heterocycles. The number of furan rings is 1. The number of piperidine rings is 1. The van der Waals surface area contributed by atoms with Gasteiger partial charge in [-0.2, -0.15) is 5.10 Å². The molecule has 1 unspecified atom stereocenters. The van der Waals surface area contributed by atoms with Gasteiger partial charge in [0.05, 0.1) is 11.3 Å². The molecule has 3 heterocycles. The molecule has 0 bridgehead atoms. The minimum Gasteiger partial charge on any atom is -0.460 e. The van der Waals surface area contributed by atoms with Crippen LogP contribution < -0.4 is 5.32 Å². The predicted molar refractivity (Wildman–Crippen MR) is 109 cm³/mol. The van der Waals surface area contributed by atoms with E-state index in [1.54, 1.807) is 4.68 Å². The van der Waals surface area contributed by atoms with E-state index in [0.29, 0.717) is 22.9 Å². The number of nitrogens with zero attached hydrogens (tertiary/aromatic N) is 3. The zero-order valence-corrected chi connectivity index (χ0v) is 16.4. The molecule has 2 aromatic heterocycles. The zero-order chi connectivity index (χ0) is 19.5. The quantitative estimate of drug-likeness (QED) is 0.738. The van der Waals surface area contributed by atoms with E-state index in [9.17, 15) is 4.79 Å². The van der Waals surface area contributed by atoms with Crippen molar-refractivity contribution >= 4 is 5.91 Å². The molecule has 146 valence electrons. The van der Waals surface area contributed by atoms with Gasteiger partial charge in [0, 0.05) is 19.3 Å². The van der Waals surface area contributed by atoms with Crippen LogP contribution in [0.3, 0.4) is 0 Å². The molecule has 0 radical (unpaired) electrons. The van der Waals surface area contributed by atoms with Crippen molar-refractivity contribution in [1.29, 1.82) is 0 Å². The van der Waals surface area contributed by atoms with Gasteiger partial charge in [-0.25, -0.2) is 4.68 Å². The molecule has 28 heavy (non-hydrogen) atoms. The Morgan fingerprint density at radius 2 is 2.07 bits per heavy atom. The van der Waals surface area contributed by atoms with Crippen molar-refractivity contribution in [2.24, 2.45) is 5.92 Å².